The first kappa shape index (κ1) is 11.8. The summed E-state index contributed by atoms with van der Waals surface area (Å²) in [5.41, 5.74) is 1.23. The van der Waals surface area contributed by atoms with E-state index < -0.39 is 0 Å². The van der Waals surface area contributed by atoms with E-state index in [0.29, 0.717) is 6.61 Å². The van der Waals surface area contributed by atoms with Gasteiger partial charge in [0.25, 0.3) is 0 Å². The van der Waals surface area contributed by atoms with Gasteiger partial charge in [0.05, 0.1) is 13.2 Å². The maximum Gasteiger partial charge on any atom is 0.119 e. The Morgan fingerprint density at radius 2 is 2.07 bits per heavy atom. The fourth-order valence-corrected chi connectivity index (χ4v) is 1.24. The second kappa shape index (κ2) is 7.04. The zero-order chi connectivity index (χ0) is 10.9. The van der Waals surface area contributed by atoms with Gasteiger partial charge in [-0.15, -0.1) is 0 Å². The summed E-state index contributed by atoms with van der Waals surface area (Å²) in [7, 11) is 0. The van der Waals surface area contributed by atoms with Gasteiger partial charge >= 0.3 is 0 Å². The zero-order valence-corrected chi connectivity index (χ0v) is 8.86. The number of nitrogens with two attached hydrogens (primary N) is 1. The van der Waals surface area contributed by atoms with Gasteiger partial charge in [-0.25, -0.2) is 0 Å². The molecule has 0 heterocycles. The van der Waals surface area contributed by atoms with Crippen molar-refractivity contribution in [2.45, 2.75) is 6.54 Å². The number of aliphatic hydroxyl groups excluding tert-OH is 1. The zero-order valence-electron chi connectivity index (χ0n) is 8.86. The van der Waals surface area contributed by atoms with E-state index in [-0.39, 0.29) is 6.61 Å². The van der Waals surface area contributed by atoms with Crippen LogP contribution in [0.3, 0.4) is 0 Å². The van der Waals surface area contributed by atoms with Crippen LogP contribution >= 0.6 is 0 Å². The minimum Gasteiger partial charge on any atom is -0.490 e. The van der Waals surface area contributed by atoms with Gasteiger partial charge in [0.1, 0.15) is 18.9 Å². The van der Waals surface area contributed by atoms with E-state index in [9.17, 15) is 0 Å². The molecule has 1 rings (SSSR count). The van der Waals surface area contributed by atoms with E-state index in [2.05, 4.69) is 11.9 Å². The van der Waals surface area contributed by atoms with Crippen molar-refractivity contribution < 1.29 is 15.2 Å². The van der Waals surface area contributed by atoms with Gasteiger partial charge in [-0.05, 0) is 24.3 Å². The van der Waals surface area contributed by atoms with Crippen molar-refractivity contribution in [1.82, 2.24) is 0 Å². The number of benzene rings is 1. The van der Waals surface area contributed by atoms with Crippen LogP contribution in [0.4, 0.5) is 0 Å². The summed E-state index contributed by atoms with van der Waals surface area (Å²) in [4.78, 5) is 0. The number of ether oxygens (including phenoxy) is 1. The molecule has 15 heavy (non-hydrogen) atoms. The second-order valence-electron chi connectivity index (χ2n) is 3.25. The molecule has 3 heteroatoms. The average molecular weight is 208 g/mol. The number of quaternary nitrogens is 1. The van der Waals surface area contributed by atoms with E-state index in [0.717, 1.165) is 18.8 Å². The van der Waals surface area contributed by atoms with Gasteiger partial charge in [0, 0.05) is 5.56 Å². The van der Waals surface area contributed by atoms with Gasteiger partial charge in [0.15, 0.2) is 0 Å². The van der Waals surface area contributed by atoms with E-state index in [1.54, 1.807) is 6.08 Å². The molecule has 0 unspecified atom stereocenters. The molecule has 3 nitrogen and oxygen atoms in total. The van der Waals surface area contributed by atoms with Crippen molar-refractivity contribution in [2.75, 3.05) is 19.8 Å². The summed E-state index contributed by atoms with van der Waals surface area (Å²) >= 11 is 0. The SMILES string of the molecule is C=CCOc1ccc(C[NH2+]CCO)cc1. The molecule has 0 aliphatic rings. The fourth-order valence-electron chi connectivity index (χ4n) is 1.24. The Bertz CT molecular complexity index is 282. The molecule has 0 spiro atoms. The molecule has 0 bridgehead atoms. The Labute approximate surface area is 90.4 Å². The van der Waals surface area contributed by atoms with Crippen molar-refractivity contribution in [3.05, 3.63) is 42.5 Å². The van der Waals surface area contributed by atoms with Crippen LogP contribution < -0.4 is 10.1 Å². The predicted molar refractivity (Wildman–Crippen MR) is 59.7 cm³/mol. The molecule has 1 aromatic carbocycles. The lowest BCUT2D eigenvalue weighted by molar-refractivity contribution is -0.671. The Hall–Kier alpha value is -1.32. The molecule has 0 aliphatic carbocycles. The summed E-state index contributed by atoms with van der Waals surface area (Å²) in [6.45, 7) is 5.99. The minimum atomic E-state index is 0.223. The number of hydrogen-bond donors (Lipinski definition) is 2. The van der Waals surface area contributed by atoms with E-state index >= 15 is 0 Å². The molecule has 82 valence electrons. The molecular weight excluding hydrogens is 190 g/mol. The van der Waals surface area contributed by atoms with Crippen LogP contribution in [-0.4, -0.2) is 24.9 Å². The molecule has 0 fully saturated rings. The highest BCUT2D eigenvalue weighted by Crippen LogP contribution is 2.11. The molecule has 0 saturated carbocycles. The van der Waals surface area contributed by atoms with Crippen molar-refractivity contribution in [1.29, 1.82) is 0 Å². The van der Waals surface area contributed by atoms with E-state index in [1.807, 2.05) is 24.3 Å². The van der Waals surface area contributed by atoms with Crippen LogP contribution in [0.25, 0.3) is 0 Å². The molecule has 0 atom stereocenters. The first-order valence-corrected chi connectivity index (χ1v) is 5.12. The third-order valence-corrected chi connectivity index (χ3v) is 2.00. The van der Waals surface area contributed by atoms with Crippen molar-refractivity contribution in [2.24, 2.45) is 0 Å². The normalized spacial score (nSPS) is 9.93. The Kier molecular flexibility index (Phi) is 5.51. The Morgan fingerprint density at radius 1 is 1.33 bits per heavy atom. The maximum atomic E-state index is 8.62. The second-order valence-corrected chi connectivity index (χ2v) is 3.25. The van der Waals surface area contributed by atoms with Crippen LogP contribution in [0, 0.1) is 0 Å². The predicted octanol–water partition coefficient (Wildman–Crippen LogP) is 0.307. The van der Waals surface area contributed by atoms with Crippen LogP contribution in [0.2, 0.25) is 0 Å². The van der Waals surface area contributed by atoms with E-state index in [1.165, 1.54) is 5.56 Å². The summed E-state index contributed by atoms with van der Waals surface area (Å²) in [6.07, 6.45) is 1.73. The number of rotatable bonds is 7. The molecule has 0 radical (unpaired) electrons. The van der Waals surface area contributed by atoms with Crippen LogP contribution in [-0.2, 0) is 6.54 Å². The smallest absolute Gasteiger partial charge is 0.119 e. The van der Waals surface area contributed by atoms with Gasteiger partial charge in [-0.2, -0.15) is 0 Å². The summed E-state index contributed by atoms with van der Waals surface area (Å²) in [5, 5.41) is 10.7. The van der Waals surface area contributed by atoms with Gasteiger partial charge in [-0.1, -0.05) is 12.7 Å². The summed E-state index contributed by atoms with van der Waals surface area (Å²) in [5.74, 6) is 0.862. The quantitative estimate of drug-likeness (QED) is 0.500. The summed E-state index contributed by atoms with van der Waals surface area (Å²) in [6, 6.07) is 7.97. The van der Waals surface area contributed by atoms with Gasteiger partial charge in [-0.3, -0.25) is 0 Å². The van der Waals surface area contributed by atoms with Gasteiger partial charge < -0.3 is 15.2 Å². The molecular formula is C12H18NO2+. The molecule has 3 N–H and O–H groups in total. The maximum absolute atomic E-state index is 8.62. The first-order chi connectivity index (χ1) is 7.36. The van der Waals surface area contributed by atoms with Crippen molar-refractivity contribution >= 4 is 0 Å². The highest BCUT2D eigenvalue weighted by Gasteiger charge is 1.96. The van der Waals surface area contributed by atoms with Gasteiger partial charge in [0.2, 0.25) is 0 Å². The molecule has 0 aromatic heterocycles. The number of aliphatic hydroxyl groups is 1. The van der Waals surface area contributed by atoms with Crippen LogP contribution in [0.5, 0.6) is 5.75 Å². The fraction of sp³-hybridized carbons (Fsp3) is 0.333. The highest BCUT2D eigenvalue weighted by atomic mass is 16.5. The molecule has 0 amide bonds. The lowest BCUT2D eigenvalue weighted by atomic mass is 10.2. The summed E-state index contributed by atoms with van der Waals surface area (Å²) < 4.78 is 5.37. The van der Waals surface area contributed by atoms with E-state index in [4.69, 9.17) is 9.84 Å². The topological polar surface area (TPSA) is 46.1 Å². The Balaban J connectivity index is 2.38. The number of hydrogen-bond acceptors (Lipinski definition) is 2. The molecule has 1 aromatic rings. The minimum absolute atomic E-state index is 0.223. The molecule has 0 saturated heterocycles. The first-order valence-electron chi connectivity index (χ1n) is 5.12. The van der Waals surface area contributed by atoms with Crippen LogP contribution in [0.15, 0.2) is 36.9 Å². The van der Waals surface area contributed by atoms with Crippen molar-refractivity contribution in [3.63, 3.8) is 0 Å². The standard InChI is InChI=1S/C12H17NO2/c1-2-9-15-12-5-3-11(4-6-12)10-13-7-8-14/h2-6,13-14H,1,7-10H2/p+1. The molecule has 0 aliphatic heterocycles. The third-order valence-electron chi connectivity index (χ3n) is 2.00. The lowest BCUT2D eigenvalue weighted by Gasteiger charge is -2.04. The lowest BCUT2D eigenvalue weighted by Crippen LogP contribution is -2.83. The Morgan fingerprint density at radius 3 is 2.67 bits per heavy atom. The highest BCUT2D eigenvalue weighted by molar-refractivity contribution is 5.26. The average Bonchev–Trinajstić information content (AvgIpc) is 2.28. The van der Waals surface area contributed by atoms with Crippen LogP contribution in [0.1, 0.15) is 5.56 Å². The van der Waals surface area contributed by atoms with Crippen molar-refractivity contribution in [3.8, 4) is 5.75 Å². The monoisotopic (exact) mass is 208 g/mol. The largest absolute Gasteiger partial charge is 0.490 e. The third kappa shape index (κ3) is 4.63.